The van der Waals surface area contributed by atoms with Crippen LogP contribution in [0.4, 0.5) is 52.7 Å². The van der Waals surface area contributed by atoms with Gasteiger partial charge in [-0.3, -0.25) is 0 Å². The summed E-state index contributed by atoms with van der Waals surface area (Å²) in [6.45, 7) is 0. The van der Waals surface area contributed by atoms with E-state index < -0.39 is 41.0 Å². The third-order valence-corrected chi connectivity index (χ3v) is 3.38. The molecule has 2 rings (SSSR count). The van der Waals surface area contributed by atoms with Crippen LogP contribution < -0.4 is 0 Å². The fourth-order valence-electron chi connectivity index (χ4n) is 2.29. The maximum Gasteiger partial charge on any atom is 0.359 e. The molecule has 0 saturated heterocycles. The second-order valence-corrected chi connectivity index (χ2v) is 4.19. The summed E-state index contributed by atoms with van der Waals surface area (Å²) in [4.78, 5) is 0. The zero-order valence-corrected chi connectivity index (χ0v) is 8.04. The first-order valence-electron chi connectivity index (χ1n) is 4.27. The fraction of sp³-hybridized carbons (Fsp3) is 1.00. The smallest absolute Gasteiger partial charge is 0.223 e. The monoisotopic (exact) mass is 312 g/mol. The summed E-state index contributed by atoms with van der Waals surface area (Å²) in [5, 5.41) is 0. The lowest BCUT2D eigenvalue weighted by atomic mass is 9.83. The molecule has 2 bridgehead atoms. The Balaban J connectivity index is 2.99. The molecule has 0 amide bonds. The lowest BCUT2D eigenvalue weighted by molar-refractivity contribution is -0.401. The predicted octanol–water partition coefficient (Wildman–Crippen LogP) is 3.61. The van der Waals surface area contributed by atoms with E-state index in [2.05, 4.69) is 0 Å². The largest absolute Gasteiger partial charge is 0.359 e. The Morgan fingerprint density at radius 3 is 0.526 bits per heavy atom. The molecule has 0 radical (unpaired) electrons. The zero-order valence-electron chi connectivity index (χ0n) is 8.04. The van der Waals surface area contributed by atoms with E-state index in [4.69, 9.17) is 0 Å². The number of rotatable bonds is 0. The van der Waals surface area contributed by atoms with E-state index in [0.717, 1.165) is 0 Å². The summed E-state index contributed by atoms with van der Waals surface area (Å²) in [5.41, 5.74) is -14.1. The van der Waals surface area contributed by atoms with E-state index in [1.807, 2.05) is 0 Å². The Kier molecular flexibility index (Phi) is 2.03. The van der Waals surface area contributed by atoms with Crippen molar-refractivity contribution in [2.45, 2.75) is 41.0 Å². The van der Waals surface area contributed by atoms with Gasteiger partial charge in [-0.25, -0.2) is 8.78 Å². The summed E-state index contributed by atoms with van der Waals surface area (Å²) in [6, 6.07) is 0. The molecule has 0 aliphatic heterocycles. The number of hydrogen-bond acceptors (Lipinski definition) is 0. The van der Waals surface area contributed by atoms with E-state index in [1.165, 1.54) is 0 Å². The molecule has 0 spiro atoms. The molecule has 12 heteroatoms. The average molecular weight is 312 g/mol. The maximum atomic E-state index is 13.2. The van der Waals surface area contributed by atoms with Crippen molar-refractivity contribution >= 4 is 0 Å². The van der Waals surface area contributed by atoms with Gasteiger partial charge < -0.3 is 0 Å². The van der Waals surface area contributed by atoms with Crippen molar-refractivity contribution in [3.63, 3.8) is 0 Å². The molecule has 0 nitrogen and oxygen atoms in total. The summed E-state index contributed by atoms with van der Waals surface area (Å²) in [5.74, 6) is -35.1. The molecule has 0 unspecified atom stereocenters. The molecule has 0 N–H and O–H groups in total. The van der Waals surface area contributed by atoms with Crippen LogP contribution in [0.5, 0.6) is 0 Å². The van der Waals surface area contributed by atoms with Gasteiger partial charge in [0.15, 0.2) is 0 Å². The van der Waals surface area contributed by atoms with Gasteiger partial charge in [-0.05, 0) is 0 Å². The van der Waals surface area contributed by atoms with E-state index in [1.54, 1.807) is 0 Å². The van der Waals surface area contributed by atoms with Crippen molar-refractivity contribution in [3.8, 4) is 0 Å². The molecular weight excluding hydrogens is 312 g/mol. The van der Waals surface area contributed by atoms with Crippen LogP contribution in [-0.4, -0.2) is 41.0 Å². The minimum atomic E-state index is -7.05. The highest BCUT2D eigenvalue weighted by atomic mass is 19.4. The van der Waals surface area contributed by atoms with Crippen LogP contribution in [0, 0.1) is 0 Å². The Morgan fingerprint density at radius 1 is 0.263 bits per heavy atom. The third-order valence-electron chi connectivity index (χ3n) is 3.38. The summed E-state index contributed by atoms with van der Waals surface area (Å²) in [7, 11) is 0. The number of alkyl halides is 12. The third kappa shape index (κ3) is 0.779. The SMILES string of the molecule is FC1(F)C(F)(F)C2(F)C(F)(F)C(F)(F)C1(F)C2(F)F. The Labute approximate surface area is 94.9 Å². The number of hydrogen-bond donors (Lipinski definition) is 0. The molecule has 112 valence electrons. The van der Waals surface area contributed by atoms with Crippen molar-refractivity contribution in [3.05, 3.63) is 0 Å². The van der Waals surface area contributed by atoms with E-state index in [0.29, 0.717) is 0 Å². The minimum Gasteiger partial charge on any atom is -0.223 e. The Hall–Kier alpha value is -0.840. The lowest BCUT2D eigenvalue weighted by Crippen LogP contribution is -2.74. The second-order valence-electron chi connectivity index (χ2n) is 4.19. The quantitative estimate of drug-likeness (QED) is 0.600. The van der Waals surface area contributed by atoms with Crippen LogP contribution >= 0.6 is 0 Å². The number of halogens is 12. The van der Waals surface area contributed by atoms with Gasteiger partial charge >= 0.3 is 41.0 Å². The van der Waals surface area contributed by atoms with Crippen LogP contribution in [0.1, 0.15) is 0 Å². The van der Waals surface area contributed by atoms with Crippen molar-refractivity contribution in [2.24, 2.45) is 0 Å². The van der Waals surface area contributed by atoms with Gasteiger partial charge in [-0.1, -0.05) is 0 Å². The molecule has 2 aliphatic rings. The van der Waals surface area contributed by atoms with Gasteiger partial charge in [-0.15, -0.1) is 0 Å². The molecule has 0 aromatic carbocycles. The molecule has 2 aliphatic carbocycles. The van der Waals surface area contributed by atoms with Crippen LogP contribution in [0.3, 0.4) is 0 Å². The summed E-state index contributed by atoms with van der Waals surface area (Å²) in [6.07, 6.45) is 0. The molecule has 2 fully saturated rings. The summed E-state index contributed by atoms with van der Waals surface area (Å²) >= 11 is 0. The maximum absolute atomic E-state index is 13.2. The molecule has 0 atom stereocenters. The minimum absolute atomic E-state index is 7.00. The van der Waals surface area contributed by atoms with Crippen molar-refractivity contribution in [1.29, 1.82) is 0 Å². The highest BCUT2D eigenvalue weighted by Crippen LogP contribution is 2.83. The highest BCUT2D eigenvalue weighted by molar-refractivity contribution is 5.45. The van der Waals surface area contributed by atoms with Crippen LogP contribution in [-0.2, 0) is 0 Å². The first-order valence-corrected chi connectivity index (χ1v) is 4.27. The molecule has 19 heavy (non-hydrogen) atoms. The number of fused-ring (bicyclic) bond motifs is 2. The zero-order chi connectivity index (χ0) is 15.5. The van der Waals surface area contributed by atoms with Gasteiger partial charge in [0.1, 0.15) is 0 Å². The van der Waals surface area contributed by atoms with Gasteiger partial charge in [-0.2, -0.15) is 43.9 Å². The van der Waals surface area contributed by atoms with E-state index in [-0.39, 0.29) is 0 Å². The first-order chi connectivity index (χ1) is 8.00. The average Bonchev–Trinajstić information content (AvgIpc) is 2.32. The van der Waals surface area contributed by atoms with Gasteiger partial charge in [0.05, 0.1) is 0 Å². The molecule has 0 heterocycles. The normalized spacial score (nSPS) is 47.4. The van der Waals surface area contributed by atoms with Crippen LogP contribution in [0.15, 0.2) is 0 Å². The van der Waals surface area contributed by atoms with Gasteiger partial charge in [0.25, 0.3) is 0 Å². The lowest BCUT2D eigenvalue weighted by Gasteiger charge is -2.42. The predicted molar refractivity (Wildman–Crippen MR) is 32.4 cm³/mol. The topological polar surface area (TPSA) is 0 Å². The fourth-order valence-corrected chi connectivity index (χ4v) is 2.29. The van der Waals surface area contributed by atoms with Crippen molar-refractivity contribution in [1.82, 2.24) is 0 Å². The van der Waals surface area contributed by atoms with Crippen LogP contribution in [0.25, 0.3) is 0 Å². The van der Waals surface area contributed by atoms with Crippen LogP contribution in [0.2, 0.25) is 0 Å². The van der Waals surface area contributed by atoms with E-state index >= 15 is 0 Å². The van der Waals surface area contributed by atoms with E-state index in [9.17, 15) is 52.7 Å². The second kappa shape index (κ2) is 2.65. The molecule has 0 aromatic heterocycles. The molecule has 2 saturated carbocycles. The Bertz CT molecular complexity index is 379. The van der Waals surface area contributed by atoms with Crippen molar-refractivity contribution < 1.29 is 52.7 Å². The molecule has 0 aromatic rings. The van der Waals surface area contributed by atoms with Gasteiger partial charge in [0.2, 0.25) is 0 Å². The summed E-state index contributed by atoms with van der Waals surface area (Å²) < 4.78 is 154. The first kappa shape index (κ1) is 14.6. The Morgan fingerprint density at radius 2 is 0.421 bits per heavy atom. The highest BCUT2D eigenvalue weighted by Gasteiger charge is 3.17. The standard InChI is InChI=1S/C7F12/c8-1-3(10,11)2(9,6(16,17)4(1,12)13)7(18,19)5(1,14)15. The van der Waals surface area contributed by atoms with Gasteiger partial charge in [0, 0.05) is 0 Å². The van der Waals surface area contributed by atoms with Crippen molar-refractivity contribution in [2.75, 3.05) is 0 Å². The molecular formula is C7F12.